The standard InChI is InChI=1S/C27H35BrClN3O4S/c1-20(27(34)30-24-7-4-3-5-8-24)31(19-21-10-12-22(28)13-11-21)26(33)9-6-18-32(37(2,35)36)25-16-14-23(29)15-17-25/h10-17,20,24H,3-9,18-19H2,1-2H3,(H,30,34)/t20-/m1/s1. The van der Waals surface area contributed by atoms with E-state index in [1.54, 1.807) is 36.1 Å². The van der Waals surface area contributed by atoms with Gasteiger partial charge in [-0.3, -0.25) is 13.9 Å². The fourth-order valence-electron chi connectivity index (χ4n) is 4.55. The van der Waals surface area contributed by atoms with Crippen LogP contribution in [0.25, 0.3) is 0 Å². The van der Waals surface area contributed by atoms with E-state index in [0.29, 0.717) is 23.7 Å². The average molecular weight is 613 g/mol. The lowest BCUT2D eigenvalue weighted by molar-refractivity contribution is -0.141. The van der Waals surface area contributed by atoms with Gasteiger partial charge in [-0.2, -0.15) is 0 Å². The maximum absolute atomic E-state index is 13.4. The lowest BCUT2D eigenvalue weighted by Gasteiger charge is -2.31. The highest BCUT2D eigenvalue weighted by atomic mass is 79.9. The van der Waals surface area contributed by atoms with Gasteiger partial charge in [0.2, 0.25) is 21.8 Å². The van der Waals surface area contributed by atoms with Crippen molar-refractivity contribution < 1.29 is 18.0 Å². The summed E-state index contributed by atoms with van der Waals surface area (Å²) in [6.07, 6.45) is 6.88. The van der Waals surface area contributed by atoms with E-state index in [2.05, 4.69) is 21.2 Å². The van der Waals surface area contributed by atoms with Gasteiger partial charge in [-0.25, -0.2) is 8.42 Å². The highest BCUT2D eigenvalue weighted by Crippen LogP contribution is 2.22. The van der Waals surface area contributed by atoms with Gasteiger partial charge in [0.15, 0.2) is 0 Å². The van der Waals surface area contributed by atoms with Crippen molar-refractivity contribution in [3.63, 3.8) is 0 Å². The third-order valence-corrected chi connectivity index (χ3v) is 8.63. The van der Waals surface area contributed by atoms with E-state index in [1.807, 2.05) is 24.3 Å². The van der Waals surface area contributed by atoms with E-state index in [9.17, 15) is 18.0 Å². The van der Waals surface area contributed by atoms with E-state index < -0.39 is 16.1 Å². The van der Waals surface area contributed by atoms with Crippen molar-refractivity contribution in [2.24, 2.45) is 0 Å². The summed E-state index contributed by atoms with van der Waals surface area (Å²) in [4.78, 5) is 28.1. The molecule has 1 aliphatic carbocycles. The molecule has 10 heteroatoms. The number of hydrogen-bond donors (Lipinski definition) is 1. The summed E-state index contributed by atoms with van der Waals surface area (Å²) in [5.74, 6) is -0.352. The second-order valence-electron chi connectivity index (χ2n) is 9.58. The van der Waals surface area contributed by atoms with Gasteiger partial charge in [0, 0.05) is 35.0 Å². The molecule has 1 atom stereocenters. The predicted molar refractivity (Wildman–Crippen MR) is 152 cm³/mol. The first-order valence-corrected chi connectivity index (χ1v) is 15.6. The van der Waals surface area contributed by atoms with Crippen molar-refractivity contribution in [3.8, 4) is 0 Å². The summed E-state index contributed by atoms with van der Waals surface area (Å²) in [5, 5.41) is 3.64. The lowest BCUT2D eigenvalue weighted by Crippen LogP contribution is -2.50. The molecule has 0 unspecified atom stereocenters. The molecule has 37 heavy (non-hydrogen) atoms. The molecule has 202 valence electrons. The maximum Gasteiger partial charge on any atom is 0.242 e. The number of carbonyl (C=O) groups is 2. The number of nitrogens with one attached hydrogen (secondary N) is 1. The number of amides is 2. The van der Waals surface area contributed by atoms with Crippen molar-refractivity contribution in [1.82, 2.24) is 10.2 Å². The predicted octanol–water partition coefficient (Wildman–Crippen LogP) is 5.51. The van der Waals surface area contributed by atoms with Crippen LogP contribution < -0.4 is 9.62 Å². The van der Waals surface area contributed by atoms with E-state index in [4.69, 9.17) is 11.6 Å². The molecule has 1 saturated carbocycles. The summed E-state index contributed by atoms with van der Waals surface area (Å²) >= 11 is 9.38. The van der Waals surface area contributed by atoms with Crippen molar-refractivity contribution in [3.05, 3.63) is 63.6 Å². The van der Waals surface area contributed by atoms with Crippen molar-refractivity contribution in [2.45, 2.75) is 70.5 Å². The second-order valence-corrected chi connectivity index (χ2v) is 12.8. The Bertz CT molecular complexity index is 1150. The molecule has 1 aliphatic rings. The first-order valence-electron chi connectivity index (χ1n) is 12.6. The van der Waals surface area contributed by atoms with Gasteiger partial charge < -0.3 is 10.2 Å². The van der Waals surface area contributed by atoms with E-state index in [-0.39, 0.29) is 30.8 Å². The first kappa shape index (κ1) is 29.5. The van der Waals surface area contributed by atoms with Crippen LogP contribution >= 0.6 is 27.5 Å². The average Bonchev–Trinajstić information content (AvgIpc) is 2.86. The first-order chi connectivity index (χ1) is 17.5. The molecule has 2 aromatic carbocycles. The van der Waals surface area contributed by atoms with Gasteiger partial charge in [0.25, 0.3) is 0 Å². The maximum atomic E-state index is 13.4. The molecule has 2 amide bonds. The van der Waals surface area contributed by atoms with Gasteiger partial charge in [-0.1, -0.05) is 58.9 Å². The van der Waals surface area contributed by atoms with Gasteiger partial charge in [-0.15, -0.1) is 0 Å². The molecule has 0 radical (unpaired) electrons. The molecule has 0 aliphatic heterocycles. The van der Waals surface area contributed by atoms with Crippen molar-refractivity contribution >= 4 is 55.1 Å². The summed E-state index contributed by atoms with van der Waals surface area (Å²) < 4.78 is 27.0. The Kier molecular flexibility index (Phi) is 10.8. The van der Waals surface area contributed by atoms with Gasteiger partial charge >= 0.3 is 0 Å². The molecular weight excluding hydrogens is 578 g/mol. The lowest BCUT2D eigenvalue weighted by atomic mass is 9.95. The van der Waals surface area contributed by atoms with Crippen LogP contribution in [0.1, 0.15) is 57.4 Å². The number of nitrogens with zero attached hydrogens (tertiary/aromatic N) is 2. The van der Waals surface area contributed by atoms with Crippen molar-refractivity contribution in [2.75, 3.05) is 17.1 Å². The Morgan fingerprint density at radius 1 is 1.05 bits per heavy atom. The number of halogens is 2. The number of carbonyl (C=O) groups excluding carboxylic acids is 2. The number of sulfonamides is 1. The minimum absolute atomic E-state index is 0.108. The van der Waals surface area contributed by atoms with Crippen LogP contribution in [0.4, 0.5) is 5.69 Å². The van der Waals surface area contributed by atoms with Crippen LogP contribution in [0, 0.1) is 0 Å². The van der Waals surface area contributed by atoms with Crippen LogP contribution in [-0.4, -0.2) is 50.0 Å². The molecule has 0 aromatic heterocycles. The minimum Gasteiger partial charge on any atom is -0.352 e. The molecule has 3 rings (SSSR count). The van der Waals surface area contributed by atoms with Crippen LogP contribution in [-0.2, 0) is 26.2 Å². The van der Waals surface area contributed by atoms with Crippen LogP contribution in [0.3, 0.4) is 0 Å². The van der Waals surface area contributed by atoms with Gasteiger partial charge in [-0.05, 0) is 68.1 Å². The summed E-state index contributed by atoms with van der Waals surface area (Å²) in [5.41, 5.74) is 1.40. The molecule has 0 heterocycles. The van der Waals surface area contributed by atoms with E-state index in [1.165, 1.54) is 10.7 Å². The van der Waals surface area contributed by atoms with E-state index >= 15 is 0 Å². The Morgan fingerprint density at radius 2 is 1.68 bits per heavy atom. The molecule has 0 bridgehead atoms. The third-order valence-electron chi connectivity index (χ3n) is 6.65. The number of rotatable bonds is 11. The highest BCUT2D eigenvalue weighted by molar-refractivity contribution is 9.10. The third kappa shape index (κ3) is 9.00. The van der Waals surface area contributed by atoms with Crippen LogP contribution in [0.5, 0.6) is 0 Å². The molecule has 0 spiro atoms. The smallest absolute Gasteiger partial charge is 0.242 e. The Labute approximate surface area is 233 Å². The van der Waals surface area contributed by atoms with Gasteiger partial charge in [0.1, 0.15) is 6.04 Å². The fourth-order valence-corrected chi connectivity index (χ4v) is 5.90. The molecular formula is C27H35BrClN3O4S. The zero-order valence-corrected chi connectivity index (χ0v) is 24.5. The monoisotopic (exact) mass is 611 g/mol. The number of hydrogen-bond acceptors (Lipinski definition) is 4. The quantitative estimate of drug-likeness (QED) is 0.362. The number of anilines is 1. The summed E-state index contributed by atoms with van der Waals surface area (Å²) in [6.45, 7) is 2.19. The topological polar surface area (TPSA) is 86.8 Å². The Balaban J connectivity index is 1.70. The Hall–Kier alpha value is -2.10. The molecule has 1 fully saturated rings. The molecule has 0 saturated heterocycles. The van der Waals surface area contributed by atoms with Crippen LogP contribution in [0.15, 0.2) is 53.0 Å². The highest BCUT2D eigenvalue weighted by Gasteiger charge is 2.28. The zero-order valence-electron chi connectivity index (χ0n) is 21.3. The zero-order chi connectivity index (χ0) is 27.0. The normalized spacial score (nSPS) is 15.1. The van der Waals surface area contributed by atoms with Gasteiger partial charge in [0.05, 0.1) is 11.9 Å². The summed E-state index contributed by atoms with van der Waals surface area (Å²) in [7, 11) is -3.55. The molecule has 7 nitrogen and oxygen atoms in total. The molecule has 1 N–H and O–H groups in total. The largest absolute Gasteiger partial charge is 0.352 e. The summed E-state index contributed by atoms with van der Waals surface area (Å²) in [6, 6.07) is 13.7. The van der Waals surface area contributed by atoms with E-state index in [0.717, 1.165) is 42.0 Å². The SMILES string of the molecule is C[C@H](C(=O)NC1CCCCC1)N(Cc1ccc(Br)cc1)C(=O)CCCN(c1ccc(Cl)cc1)S(C)(=O)=O. The second kappa shape index (κ2) is 13.6. The Morgan fingerprint density at radius 3 is 2.27 bits per heavy atom. The number of benzene rings is 2. The minimum atomic E-state index is -3.55. The molecule has 2 aromatic rings. The van der Waals surface area contributed by atoms with Crippen molar-refractivity contribution in [1.29, 1.82) is 0 Å². The fraction of sp³-hybridized carbons (Fsp3) is 0.481. The van der Waals surface area contributed by atoms with Crippen LogP contribution in [0.2, 0.25) is 5.02 Å².